The fraction of sp³-hybridized carbons (Fsp3) is 0.692. The Balaban J connectivity index is 4.09. The van der Waals surface area contributed by atoms with Crippen molar-refractivity contribution in [1.29, 1.82) is 0 Å². The van der Waals surface area contributed by atoms with E-state index < -0.39 is 22.8 Å². The lowest BCUT2D eigenvalue weighted by Gasteiger charge is -2.14. The van der Waals surface area contributed by atoms with E-state index in [2.05, 4.69) is 0 Å². The van der Waals surface area contributed by atoms with Gasteiger partial charge < -0.3 is 14.3 Å². The topological polar surface area (TPSA) is 86.7 Å². The standard InChI is InChI=1S/C13H20O6S/c1-5-12(16)18-10(4)19-13(17)20-9(3)11(15)7-6-8(2)14/h9-10H,5-7H2,1-4H3/t9?,10-/m0/s1. The number of hydrogen-bond donors (Lipinski definition) is 0. The summed E-state index contributed by atoms with van der Waals surface area (Å²) >= 11 is 0.709. The molecule has 2 atom stereocenters. The van der Waals surface area contributed by atoms with E-state index in [1.165, 1.54) is 13.8 Å². The lowest BCUT2D eigenvalue weighted by Crippen LogP contribution is -2.22. The third kappa shape index (κ3) is 8.68. The maximum Gasteiger partial charge on any atom is 0.371 e. The first kappa shape index (κ1) is 18.6. The van der Waals surface area contributed by atoms with Gasteiger partial charge in [0.25, 0.3) is 0 Å². The molecule has 0 aromatic rings. The predicted octanol–water partition coefficient (Wildman–Crippen LogP) is 2.48. The average Bonchev–Trinajstić information content (AvgIpc) is 2.34. The van der Waals surface area contributed by atoms with Gasteiger partial charge >= 0.3 is 11.3 Å². The van der Waals surface area contributed by atoms with E-state index in [0.29, 0.717) is 11.8 Å². The molecule has 0 radical (unpaired) electrons. The summed E-state index contributed by atoms with van der Waals surface area (Å²) in [4.78, 5) is 44.9. The van der Waals surface area contributed by atoms with Gasteiger partial charge in [-0.05, 0) is 25.6 Å². The van der Waals surface area contributed by atoms with E-state index >= 15 is 0 Å². The maximum absolute atomic E-state index is 11.6. The normalized spacial score (nSPS) is 13.2. The van der Waals surface area contributed by atoms with Crippen LogP contribution in [0.4, 0.5) is 4.79 Å². The molecule has 6 nitrogen and oxygen atoms in total. The maximum atomic E-state index is 11.6. The number of carbonyl (C=O) groups is 4. The smallest absolute Gasteiger partial charge is 0.371 e. The Labute approximate surface area is 122 Å². The number of carbonyl (C=O) groups excluding carboxylic acids is 4. The molecular weight excluding hydrogens is 284 g/mol. The Hall–Kier alpha value is -1.37. The van der Waals surface area contributed by atoms with Crippen molar-refractivity contribution in [2.24, 2.45) is 0 Å². The van der Waals surface area contributed by atoms with E-state index in [0.717, 1.165) is 0 Å². The lowest BCUT2D eigenvalue weighted by atomic mass is 10.1. The van der Waals surface area contributed by atoms with Crippen LogP contribution in [0.5, 0.6) is 0 Å². The van der Waals surface area contributed by atoms with E-state index in [4.69, 9.17) is 9.47 Å². The first-order valence-corrected chi connectivity index (χ1v) is 7.23. The molecule has 114 valence electrons. The number of rotatable bonds is 8. The van der Waals surface area contributed by atoms with E-state index in [1.54, 1.807) is 13.8 Å². The predicted molar refractivity (Wildman–Crippen MR) is 74.3 cm³/mol. The second-order valence-electron chi connectivity index (χ2n) is 4.21. The van der Waals surface area contributed by atoms with Crippen molar-refractivity contribution in [2.45, 2.75) is 58.5 Å². The van der Waals surface area contributed by atoms with Gasteiger partial charge in [-0.2, -0.15) is 0 Å². The minimum Gasteiger partial charge on any atom is -0.425 e. The van der Waals surface area contributed by atoms with Crippen molar-refractivity contribution in [3.63, 3.8) is 0 Å². The summed E-state index contributed by atoms with van der Waals surface area (Å²) in [5, 5.41) is -1.29. The summed E-state index contributed by atoms with van der Waals surface area (Å²) in [7, 11) is 0. The molecule has 0 heterocycles. The van der Waals surface area contributed by atoms with Crippen LogP contribution in [0.2, 0.25) is 0 Å². The molecule has 0 bridgehead atoms. The van der Waals surface area contributed by atoms with Crippen LogP contribution >= 0.6 is 11.8 Å². The average molecular weight is 304 g/mol. The number of hydrogen-bond acceptors (Lipinski definition) is 7. The molecule has 0 aliphatic carbocycles. The zero-order valence-corrected chi connectivity index (χ0v) is 13.0. The number of esters is 1. The highest BCUT2D eigenvalue weighted by Gasteiger charge is 2.21. The largest absolute Gasteiger partial charge is 0.425 e. The van der Waals surface area contributed by atoms with E-state index in [1.807, 2.05) is 0 Å². The van der Waals surface area contributed by atoms with Gasteiger partial charge in [-0.15, -0.1) is 0 Å². The zero-order valence-electron chi connectivity index (χ0n) is 12.1. The van der Waals surface area contributed by atoms with Crippen molar-refractivity contribution >= 4 is 34.6 Å². The third-order valence-corrected chi connectivity index (χ3v) is 3.20. The third-order valence-electron chi connectivity index (χ3n) is 2.30. The summed E-state index contributed by atoms with van der Waals surface area (Å²) in [6.07, 6.45) is -0.517. The van der Waals surface area contributed by atoms with Crippen LogP contribution in [0.1, 0.15) is 47.0 Å². The molecule has 0 fully saturated rings. The molecule has 20 heavy (non-hydrogen) atoms. The van der Waals surface area contributed by atoms with E-state index in [-0.39, 0.29) is 30.8 Å². The first-order valence-electron chi connectivity index (χ1n) is 6.35. The van der Waals surface area contributed by atoms with Gasteiger partial charge in [-0.25, -0.2) is 4.79 Å². The summed E-state index contributed by atoms with van der Waals surface area (Å²) in [6.45, 7) is 6.02. The van der Waals surface area contributed by atoms with Crippen LogP contribution < -0.4 is 0 Å². The number of Topliss-reactive ketones (excluding diaryl/α,β-unsaturated/α-hetero) is 2. The summed E-state index contributed by atoms with van der Waals surface area (Å²) in [5.41, 5.74) is 0. The molecule has 0 aliphatic heterocycles. The molecule has 0 saturated carbocycles. The molecule has 0 amide bonds. The molecule has 0 aromatic heterocycles. The number of thioether (sulfide) groups is 1. The highest BCUT2D eigenvalue weighted by Crippen LogP contribution is 2.18. The lowest BCUT2D eigenvalue weighted by molar-refractivity contribution is -0.163. The Bertz CT molecular complexity index is 379. The van der Waals surface area contributed by atoms with Crippen molar-refractivity contribution < 1.29 is 28.7 Å². The highest BCUT2D eigenvalue weighted by molar-refractivity contribution is 8.14. The van der Waals surface area contributed by atoms with Crippen LogP contribution in [0, 0.1) is 0 Å². The molecule has 0 rings (SSSR count). The van der Waals surface area contributed by atoms with Crippen molar-refractivity contribution in [3.8, 4) is 0 Å². The fourth-order valence-corrected chi connectivity index (χ4v) is 1.90. The summed E-state index contributed by atoms with van der Waals surface area (Å²) in [6, 6.07) is 0. The fourth-order valence-electron chi connectivity index (χ4n) is 1.17. The van der Waals surface area contributed by atoms with Crippen LogP contribution in [-0.2, 0) is 23.9 Å². The van der Waals surface area contributed by atoms with Gasteiger partial charge in [-0.3, -0.25) is 9.59 Å². The molecule has 1 unspecified atom stereocenters. The Morgan fingerprint density at radius 1 is 1.05 bits per heavy atom. The molecular formula is C13H20O6S. The van der Waals surface area contributed by atoms with Crippen LogP contribution in [0.15, 0.2) is 0 Å². The van der Waals surface area contributed by atoms with Gasteiger partial charge in [0.15, 0.2) is 0 Å². The Kier molecular flexibility index (Phi) is 8.87. The quantitative estimate of drug-likeness (QED) is 0.503. The molecule has 7 heteroatoms. The minimum absolute atomic E-state index is 0.0711. The Morgan fingerprint density at radius 2 is 1.65 bits per heavy atom. The summed E-state index contributed by atoms with van der Waals surface area (Å²) in [5.74, 6) is -0.737. The van der Waals surface area contributed by atoms with Gasteiger partial charge in [0.1, 0.15) is 11.6 Å². The second-order valence-corrected chi connectivity index (χ2v) is 5.48. The molecule has 0 N–H and O–H groups in total. The monoisotopic (exact) mass is 304 g/mol. The molecule has 0 aromatic carbocycles. The molecule has 0 saturated heterocycles. The van der Waals surface area contributed by atoms with Gasteiger partial charge in [0.05, 0.1) is 5.25 Å². The van der Waals surface area contributed by atoms with Crippen LogP contribution in [0.25, 0.3) is 0 Å². The van der Waals surface area contributed by atoms with Crippen LogP contribution in [0.3, 0.4) is 0 Å². The minimum atomic E-state index is -0.984. The number of ether oxygens (including phenoxy) is 2. The highest BCUT2D eigenvalue weighted by atomic mass is 32.2. The van der Waals surface area contributed by atoms with Gasteiger partial charge in [0, 0.05) is 26.2 Å². The Morgan fingerprint density at radius 3 is 2.15 bits per heavy atom. The number of ketones is 2. The van der Waals surface area contributed by atoms with Gasteiger partial charge in [0.2, 0.25) is 6.29 Å². The van der Waals surface area contributed by atoms with Gasteiger partial charge in [-0.1, -0.05) is 6.92 Å². The SMILES string of the molecule is CCC(=O)O[C@H](C)OC(=O)SC(C)C(=O)CCC(C)=O. The van der Waals surface area contributed by atoms with Crippen LogP contribution in [-0.4, -0.2) is 34.4 Å². The van der Waals surface area contributed by atoms with E-state index in [9.17, 15) is 19.2 Å². The van der Waals surface area contributed by atoms with Crippen molar-refractivity contribution in [1.82, 2.24) is 0 Å². The molecule has 0 spiro atoms. The molecule has 0 aliphatic rings. The van der Waals surface area contributed by atoms with Crippen molar-refractivity contribution in [3.05, 3.63) is 0 Å². The first-order chi connectivity index (χ1) is 9.26. The second kappa shape index (κ2) is 9.52. The van der Waals surface area contributed by atoms with Crippen molar-refractivity contribution in [2.75, 3.05) is 0 Å². The summed E-state index contributed by atoms with van der Waals surface area (Å²) < 4.78 is 9.60. The zero-order chi connectivity index (χ0) is 15.7.